The molecule has 92 valence electrons. The van der Waals surface area contributed by atoms with E-state index in [-0.39, 0.29) is 11.3 Å². The molecular weight excluding hydrogens is 237 g/mol. The number of nitrogens with zero attached hydrogens (tertiary/aromatic N) is 4. The standard InChI is InChI=1S/C9H10BN5O3/c1-15-9(16)6(4-7(14-15)10(17)18)13-8-2-3-11-5-12-8/h2-5,17-18H,1H3,(H,11,12,13). The summed E-state index contributed by atoms with van der Waals surface area (Å²) in [6.07, 6.45) is 2.85. The number of hydrogen-bond donors (Lipinski definition) is 3. The minimum Gasteiger partial charge on any atom is -0.422 e. The Hall–Kier alpha value is -2.26. The fraction of sp³-hybridized carbons (Fsp3) is 0.111. The molecule has 3 N–H and O–H groups in total. The van der Waals surface area contributed by atoms with Crippen LogP contribution in [-0.2, 0) is 7.05 Å². The molecule has 0 bridgehead atoms. The van der Waals surface area contributed by atoms with Gasteiger partial charge in [0.25, 0.3) is 5.56 Å². The van der Waals surface area contributed by atoms with Gasteiger partial charge in [0.1, 0.15) is 17.8 Å². The van der Waals surface area contributed by atoms with Gasteiger partial charge in [-0.3, -0.25) is 4.79 Å². The highest BCUT2D eigenvalue weighted by atomic mass is 16.4. The van der Waals surface area contributed by atoms with Gasteiger partial charge in [-0.05, 0) is 12.1 Å². The van der Waals surface area contributed by atoms with Gasteiger partial charge in [0.05, 0.1) is 5.59 Å². The van der Waals surface area contributed by atoms with Crippen LogP contribution < -0.4 is 16.5 Å². The van der Waals surface area contributed by atoms with Crippen LogP contribution in [0.2, 0.25) is 0 Å². The molecule has 2 aromatic rings. The molecule has 2 heterocycles. The predicted octanol–water partition coefficient (Wildman–Crippen LogP) is -2.01. The lowest BCUT2D eigenvalue weighted by Gasteiger charge is -2.08. The van der Waals surface area contributed by atoms with Crippen molar-refractivity contribution in [3.05, 3.63) is 35.0 Å². The fourth-order valence-corrected chi connectivity index (χ4v) is 1.35. The van der Waals surface area contributed by atoms with Crippen molar-refractivity contribution in [3.63, 3.8) is 0 Å². The van der Waals surface area contributed by atoms with Crippen LogP contribution >= 0.6 is 0 Å². The van der Waals surface area contributed by atoms with Gasteiger partial charge in [-0.25, -0.2) is 14.6 Å². The van der Waals surface area contributed by atoms with Gasteiger partial charge in [-0.1, -0.05) is 0 Å². The largest absolute Gasteiger partial charge is 0.510 e. The molecule has 2 rings (SSSR count). The first-order valence-electron chi connectivity index (χ1n) is 5.05. The summed E-state index contributed by atoms with van der Waals surface area (Å²) in [5.41, 5.74) is -0.291. The van der Waals surface area contributed by atoms with Gasteiger partial charge in [0, 0.05) is 13.2 Å². The lowest BCUT2D eigenvalue weighted by atomic mass is 9.86. The Morgan fingerprint density at radius 1 is 1.44 bits per heavy atom. The SMILES string of the molecule is Cn1nc(B(O)O)cc(Nc2ccncn2)c1=O. The monoisotopic (exact) mass is 247 g/mol. The molecule has 0 aliphatic rings. The molecule has 2 aromatic heterocycles. The zero-order valence-electron chi connectivity index (χ0n) is 9.48. The molecule has 0 spiro atoms. The zero-order chi connectivity index (χ0) is 13.1. The average Bonchev–Trinajstić information content (AvgIpc) is 2.35. The molecule has 8 nitrogen and oxygen atoms in total. The summed E-state index contributed by atoms with van der Waals surface area (Å²) in [6, 6.07) is 2.84. The van der Waals surface area contributed by atoms with Crippen molar-refractivity contribution >= 4 is 24.2 Å². The zero-order valence-corrected chi connectivity index (χ0v) is 9.48. The Bertz CT molecular complexity index is 601. The van der Waals surface area contributed by atoms with Gasteiger partial charge >= 0.3 is 7.12 Å². The molecule has 0 aliphatic heterocycles. The van der Waals surface area contributed by atoms with Crippen LogP contribution in [0.3, 0.4) is 0 Å². The van der Waals surface area contributed by atoms with Crippen LogP contribution in [0.5, 0.6) is 0 Å². The number of aromatic nitrogens is 4. The van der Waals surface area contributed by atoms with Crippen LogP contribution in [0.25, 0.3) is 0 Å². The molecular formula is C9H10BN5O3. The maximum atomic E-state index is 11.8. The van der Waals surface area contributed by atoms with E-state index in [0.717, 1.165) is 4.68 Å². The lowest BCUT2D eigenvalue weighted by Crippen LogP contribution is -2.39. The Labute approximate surface area is 102 Å². The molecule has 0 saturated heterocycles. The summed E-state index contributed by atoms with van der Waals surface area (Å²) in [5, 5.41) is 24.6. The van der Waals surface area contributed by atoms with E-state index in [0.29, 0.717) is 5.82 Å². The molecule has 0 amide bonds. The summed E-state index contributed by atoms with van der Waals surface area (Å²) in [7, 11) is -0.331. The number of nitrogens with one attached hydrogen (secondary N) is 1. The van der Waals surface area contributed by atoms with E-state index in [1.54, 1.807) is 6.07 Å². The first kappa shape index (κ1) is 12.2. The topological polar surface area (TPSA) is 113 Å². The summed E-state index contributed by atoms with van der Waals surface area (Å²) >= 11 is 0. The second kappa shape index (κ2) is 4.94. The molecule has 0 radical (unpaired) electrons. The van der Waals surface area contributed by atoms with E-state index in [1.807, 2.05) is 0 Å². The maximum Gasteiger partial charge on any atom is 0.510 e. The smallest absolute Gasteiger partial charge is 0.422 e. The molecule has 18 heavy (non-hydrogen) atoms. The van der Waals surface area contributed by atoms with Crippen molar-refractivity contribution in [3.8, 4) is 0 Å². The van der Waals surface area contributed by atoms with Crippen LogP contribution in [0.4, 0.5) is 11.5 Å². The minimum absolute atomic E-state index is 0.0337. The third-order valence-electron chi connectivity index (χ3n) is 2.19. The minimum atomic E-state index is -1.75. The van der Waals surface area contributed by atoms with Crippen LogP contribution in [0.1, 0.15) is 0 Å². The molecule has 0 saturated carbocycles. The molecule has 0 atom stereocenters. The summed E-state index contributed by atoms with van der Waals surface area (Å²) in [4.78, 5) is 19.4. The number of hydrogen-bond acceptors (Lipinski definition) is 7. The van der Waals surface area contributed by atoms with E-state index < -0.39 is 12.7 Å². The number of aryl methyl sites for hydroxylation is 1. The second-order valence-electron chi connectivity index (χ2n) is 3.50. The van der Waals surface area contributed by atoms with Crippen molar-refractivity contribution < 1.29 is 10.0 Å². The first-order chi connectivity index (χ1) is 8.58. The third-order valence-corrected chi connectivity index (χ3v) is 2.19. The molecule has 0 aliphatic carbocycles. The molecule has 9 heteroatoms. The van der Waals surface area contributed by atoms with E-state index in [9.17, 15) is 4.79 Å². The van der Waals surface area contributed by atoms with Gasteiger partial charge in [-0.15, -0.1) is 0 Å². The first-order valence-corrected chi connectivity index (χ1v) is 5.05. The highest BCUT2D eigenvalue weighted by molar-refractivity contribution is 6.57. The lowest BCUT2D eigenvalue weighted by molar-refractivity contribution is 0.422. The van der Waals surface area contributed by atoms with Gasteiger partial charge in [0.15, 0.2) is 0 Å². The predicted molar refractivity (Wildman–Crippen MR) is 64.6 cm³/mol. The number of rotatable bonds is 3. The average molecular weight is 247 g/mol. The number of anilines is 2. The maximum absolute atomic E-state index is 11.8. The van der Waals surface area contributed by atoms with Crippen LogP contribution in [0.15, 0.2) is 29.5 Å². The summed E-state index contributed by atoms with van der Waals surface area (Å²) < 4.78 is 1.01. The van der Waals surface area contributed by atoms with Crippen molar-refractivity contribution in [2.45, 2.75) is 0 Å². The Morgan fingerprint density at radius 2 is 2.22 bits per heavy atom. The Balaban J connectivity index is 2.41. The van der Waals surface area contributed by atoms with Crippen molar-refractivity contribution in [2.75, 3.05) is 5.32 Å². The van der Waals surface area contributed by atoms with Gasteiger partial charge < -0.3 is 15.4 Å². The Kier molecular flexibility index (Phi) is 3.35. The summed E-state index contributed by atoms with van der Waals surface area (Å²) in [6.45, 7) is 0. The highest BCUT2D eigenvalue weighted by Gasteiger charge is 2.16. The second-order valence-corrected chi connectivity index (χ2v) is 3.50. The fourth-order valence-electron chi connectivity index (χ4n) is 1.35. The van der Waals surface area contributed by atoms with E-state index in [2.05, 4.69) is 20.4 Å². The van der Waals surface area contributed by atoms with Crippen molar-refractivity contribution in [2.24, 2.45) is 7.05 Å². The van der Waals surface area contributed by atoms with Crippen LogP contribution in [0, 0.1) is 0 Å². The van der Waals surface area contributed by atoms with E-state index >= 15 is 0 Å². The van der Waals surface area contributed by atoms with E-state index in [4.69, 9.17) is 10.0 Å². The van der Waals surface area contributed by atoms with Gasteiger partial charge in [0.2, 0.25) is 0 Å². The normalized spacial score (nSPS) is 10.2. The van der Waals surface area contributed by atoms with Gasteiger partial charge in [-0.2, -0.15) is 5.10 Å². The quantitative estimate of drug-likeness (QED) is 0.537. The van der Waals surface area contributed by atoms with Crippen LogP contribution in [-0.4, -0.2) is 36.9 Å². The molecule has 0 fully saturated rings. The molecule has 0 unspecified atom stereocenters. The van der Waals surface area contributed by atoms with E-state index in [1.165, 1.54) is 25.6 Å². The van der Waals surface area contributed by atoms with Crippen molar-refractivity contribution in [1.82, 2.24) is 19.7 Å². The molecule has 0 aromatic carbocycles. The third kappa shape index (κ3) is 2.52. The summed E-state index contributed by atoms with van der Waals surface area (Å²) in [5.74, 6) is 0.423. The van der Waals surface area contributed by atoms with Crippen molar-refractivity contribution in [1.29, 1.82) is 0 Å². The highest BCUT2D eigenvalue weighted by Crippen LogP contribution is 2.06. The Morgan fingerprint density at radius 3 is 2.83 bits per heavy atom.